The number of nitrogens with one attached hydrogen (secondary N) is 2. The molecule has 100 valence electrons. The zero-order valence-corrected chi connectivity index (χ0v) is 10.6. The molecule has 1 saturated carbocycles. The first kappa shape index (κ1) is 12.9. The normalized spacial score (nSPS) is 28.0. The summed E-state index contributed by atoms with van der Waals surface area (Å²) in [5.74, 6) is 0.499. The molecule has 5 N–H and O–H groups in total. The van der Waals surface area contributed by atoms with Crippen molar-refractivity contribution in [3.63, 3.8) is 0 Å². The van der Waals surface area contributed by atoms with E-state index in [4.69, 9.17) is 5.73 Å². The lowest BCUT2D eigenvalue weighted by Crippen LogP contribution is -2.45. The van der Waals surface area contributed by atoms with Crippen LogP contribution in [0.15, 0.2) is 6.07 Å². The van der Waals surface area contributed by atoms with E-state index in [0.717, 1.165) is 25.7 Å². The summed E-state index contributed by atoms with van der Waals surface area (Å²) >= 11 is 0. The number of hydrogen-bond acceptors (Lipinski definition) is 4. The second kappa shape index (κ2) is 4.97. The van der Waals surface area contributed by atoms with Crippen molar-refractivity contribution in [1.82, 2.24) is 15.5 Å². The Kier molecular flexibility index (Phi) is 3.56. The molecule has 1 fully saturated rings. The molecule has 0 saturated heterocycles. The summed E-state index contributed by atoms with van der Waals surface area (Å²) in [6.45, 7) is 2.40. The minimum Gasteiger partial charge on any atom is -0.388 e. The summed E-state index contributed by atoms with van der Waals surface area (Å²) in [5.41, 5.74) is 4.97. The van der Waals surface area contributed by atoms with E-state index in [2.05, 4.69) is 22.4 Å². The molecule has 0 aliphatic heterocycles. The first-order chi connectivity index (χ1) is 8.48. The maximum atomic E-state index is 11.8. The number of nitrogen functional groups attached to an aromatic ring is 1. The lowest BCUT2D eigenvalue weighted by molar-refractivity contribution is -0.0109. The Hall–Kier alpha value is -1.56. The van der Waals surface area contributed by atoms with Crippen LogP contribution in [0.4, 0.5) is 5.82 Å². The van der Waals surface area contributed by atoms with Gasteiger partial charge >= 0.3 is 0 Å². The number of aliphatic hydroxyl groups is 1. The highest BCUT2D eigenvalue weighted by molar-refractivity contribution is 5.92. The minimum absolute atomic E-state index is 0.273. The molecule has 6 heteroatoms. The zero-order valence-electron chi connectivity index (χ0n) is 10.6. The summed E-state index contributed by atoms with van der Waals surface area (Å²) in [6.07, 6.45) is 3.62. The van der Waals surface area contributed by atoms with Gasteiger partial charge in [0.2, 0.25) is 0 Å². The molecule has 1 aliphatic rings. The van der Waals surface area contributed by atoms with E-state index in [1.165, 1.54) is 6.07 Å². The fourth-order valence-corrected chi connectivity index (χ4v) is 2.59. The number of carbonyl (C=O) groups is 1. The van der Waals surface area contributed by atoms with Gasteiger partial charge in [0, 0.05) is 12.6 Å². The van der Waals surface area contributed by atoms with Crippen LogP contribution in [0, 0.1) is 5.92 Å². The van der Waals surface area contributed by atoms with Gasteiger partial charge in [-0.3, -0.25) is 9.89 Å². The van der Waals surface area contributed by atoms with Crippen LogP contribution in [0.2, 0.25) is 0 Å². The molecule has 1 aromatic rings. The molecule has 2 unspecified atom stereocenters. The van der Waals surface area contributed by atoms with Crippen LogP contribution in [0.25, 0.3) is 0 Å². The number of aromatic amines is 1. The standard InChI is InChI=1S/C12H20N4O2/c1-8-3-2-4-12(18,6-8)7-14-11(17)9-5-10(13)16-15-9/h5,8,18H,2-4,6-7H2,1H3,(H,14,17)(H3,13,15,16). The van der Waals surface area contributed by atoms with Crippen molar-refractivity contribution < 1.29 is 9.90 Å². The van der Waals surface area contributed by atoms with E-state index >= 15 is 0 Å². The zero-order chi connectivity index (χ0) is 13.2. The van der Waals surface area contributed by atoms with Crippen LogP contribution in [-0.4, -0.2) is 33.4 Å². The predicted octanol–water partition coefficient (Wildman–Crippen LogP) is 0.663. The minimum atomic E-state index is -0.779. The number of amides is 1. The molecule has 1 aliphatic carbocycles. The lowest BCUT2D eigenvalue weighted by Gasteiger charge is -2.35. The quantitative estimate of drug-likeness (QED) is 0.634. The number of carbonyl (C=O) groups excluding carboxylic acids is 1. The first-order valence-corrected chi connectivity index (χ1v) is 6.30. The SMILES string of the molecule is CC1CCCC(O)(CNC(=O)c2cc(N)n[nH]2)C1. The molecular formula is C12H20N4O2. The van der Waals surface area contributed by atoms with Crippen LogP contribution < -0.4 is 11.1 Å². The van der Waals surface area contributed by atoms with Gasteiger partial charge < -0.3 is 16.2 Å². The van der Waals surface area contributed by atoms with Crippen molar-refractivity contribution in [3.05, 3.63) is 11.8 Å². The van der Waals surface area contributed by atoms with Crippen molar-refractivity contribution >= 4 is 11.7 Å². The molecule has 2 rings (SSSR count). The molecule has 1 heterocycles. The maximum Gasteiger partial charge on any atom is 0.269 e. The Morgan fingerprint density at radius 3 is 3.17 bits per heavy atom. The van der Waals surface area contributed by atoms with Crippen molar-refractivity contribution in [2.75, 3.05) is 12.3 Å². The monoisotopic (exact) mass is 252 g/mol. The van der Waals surface area contributed by atoms with Crippen molar-refractivity contribution in [3.8, 4) is 0 Å². The number of rotatable bonds is 3. The van der Waals surface area contributed by atoms with Crippen LogP contribution in [-0.2, 0) is 0 Å². The number of anilines is 1. The van der Waals surface area contributed by atoms with E-state index in [1.54, 1.807) is 0 Å². The Morgan fingerprint density at radius 2 is 2.56 bits per heavy atom. The highest BCUT2D eigenvalue weighted by atomic mass is 16.3. The van der Waals surface area contributed by atoms with Gasteiger partial charge in [-0.2, -0.15) is 5.10 Å². The summed E-state index contributed by atoms with van der Waals surface area (Å²) < 4.78 is 0. The molecule has 0 radical (unpaired) electrons. The summed E-state index contributed by atoms with van der Waals surface area (Å²) in [4.78, 5) is 11.8. The third-order valence-corrected chi connectivity index (χ3v) is 3.49. The van der Waals surface area contributed by atoms with Crippen LogP contribution in [0.1, 0.15) is 43.1 Å². The van der Waals surface area contributed by atoms with Gasteiger partial charge in [-0.05, 0) is 18.8 Å². The van der Waals surface area contributed by atoms with Crippen LogP contribution in [0.5, 0.6) is 0 Å². The smallest absolute Gasteiger partial charge is 0.269 e. The second-order valence-corrected chi connectivity index (χ2v) is 5.32. The number of H-pyrrole nitrogens is 1. The van der Waals surface area contributed by atoms with Crippen molar-refractivity contribution in [1.29, 1.82) is 0 Å². The van der Waals surface area contributed by atoms with Gasteiger partial charge in [0.15, 0.2) is 0 Å². The topological polar surface area (TPSA) is 104 Å². The average molecular weight is 252 g/mol. The van der Waals surface area contributed by atoms with Gasteiger partial charge in [0.1, 0.15) is 11.5 Å². The fourth-order valence-electron chi connectivity index (χ4n) is 2.59. The largest absolute Gasteiger partial charge is 0.388 e. The van der Waals surface area contributed by atoms with Crippen molar-refractivity contribution in [2.45, 2.75) is 38.2 Å². The third-order valence-electron chi connectivity index (χ3n) is 3.49. The highest BCUT2D eigenvalue weighted by Gasteiger charge is 2.32. The molecule has 1 amide bonds. The molecule has 0 bridgehead atoms. The number of nitrogens with two attached hydrogens (primary N) is 1. The van der Waals surface area contributed by atoms with E-state index in [9.17, 15) is 9.90 Å². The van der Waals surface area contributed by atoms with Gasteiger partial charge in [0.25, 0.3) is 5.91 Å². The Morgan fingerprint density at radius 1 is 1.78 bits per heavy atom. The molecular weight excluding hydrogens is 232 g/mol. The van der Waals surface area contributed by atoms with Crippen LogP contribution in [0.3, 0.4) is 0 Å². The Bertz CT molecular complexity index is 431. The summed E-state index contributed by atoms with van der Waals surface area (Å²) in [6, 6.07) is 1.48. The second-order valence-electron chi connectivity index (χ2n) is 5.32. The number of nitrogens with zero attached hydrogens (tertiary/aromatic N) is 1. The van der Waals surface area contributed by atoms with Gasteiger partial charge in [-0.15, -0.1) is 0 Å². The van der Waals surface area contributed by atoms with E-state index < -0.39 is 5.60 Å². The highest BCUT2D eigenvalue weighted by Crippen LogP contribution is 2.31. The van der Waals surface area contributed by atoms with Gasteiger partial charge in [-0.1, -0.05) is 19.8 Å². The van der Waals surface area contributed by atoms with Crippen molar-refractivity contribution in [2.24, 2.45) is 5.92 Å². The third kappa shape index (κ3) is 3.01. The van der Waals surface area contributed by atoms with E-state index in [1.807, 2.05) is 0 Å². The van der Waals surface area contributed by atoms with Gasteiger partial charge in [-0.25, -0.2) is 0 Å². The Balaban J connectivity index is 1.89. The van der Waals surface area contributed by atoms with E-state index in [0.29, 0.717) is 11.6 Å². The predicted molar refractivity (Wildman–Crippen MR) is 67.9 cm³/mol. The average Bonchev–Trinajstić information content (AvgIpc) is 2.73. The Labute approximate surface area is 106 Å². The molecule has 0 aromatic carbocycles. The lowest BCUT2D eigenvalue weighted by atomic mass is 9.79. The van der Waals surface area contributed by atoms with Crippen LogP contribution >= 0.6 is 0 Å². The number of aromatic nitrogens is 2. The first-order valence-electron chi connectivity index (χ1n) is 6.30. The molecule has 0 spiro atoms. The van der Waals surface area contributed by atoms with E-state index in [-0.39, 0.29) is 18.3 Å². The fraction of sp³-hybridized carbons (Fsp3) is 0.667. The summed E-state index contributed by atoms with van der Waals surface area (Å²) in [5, 5.41) is 19.3. The maximum absolute atomic E-state index is 11.8. The molecule has 1 aromatic heterocycles. The van der Waals surface area contributed by atoms with Gasteiger partial charge in [0.05, 0.1) is 5.60 Å². The molecule has 2 atom stereocenters. The number of hydrogen-bond donors (Lipinski definition) is 4. The molecule has 6 nitrogen and oxygen atoms in total. The molecule has 18 heavy (non-hydrogen) atoms. The summed E-state index contributed by atoms with van der Waals surface area (Å²) in [7, 11) is 0.